The number of para-hydroxylation sites is 1. The van der Waals surface area contributed by atoms with E-state index in [0.717, 1.165) is 6.07 Å². The molecule has 2 N–H and O–H groups in total. The van der Waals surface area contributed by atoms with Gasteiger partial charge in [0.15, 0.2) is 11.6 Å². The average molecular weight is 479 g/mol. The lowest BCUT2D eigenvalue weighted by Crippen LogP contribution is -2.53. The molecule has 1 aliphatic heterocycles. The maximum absolute atomic E-state index is 13.1. The van der Waals surface area contributed by atoms with E-state index in [9.17, 15) is 27.6 Å². The Hall–Kier alpha value is -2.98. The Morgan fingerprint density at radius 1 is 1.09 bits per heavy atom. The summed E-state index contributed by atoms with van der Waals surface area (Å²) < 4.78 is 39.4. The van der Waals surface area contributed by atoms with Crippen molar-refractivity contribution in [3.8, 4) is 0 Å². The van der Waals surface area contributed by atoms with E-state index >= 15 is 0 Å². The fourth-order valence-corrected chi connectivity index (χ4v) is 4.44. The summed E-state index contributed by atoms with van der Waals surface area (Å²) in [5, 5.41) is 2.36. The number of amides is 1. The number of rotatable bonds is 7. The summed E-state index contributed by atoms with van der Waals surface area (Å²) in [6.45, 7) is 8.80. The second-order valence-corrected chi connectivity index (χ2v) is 8.63. The number of nitrogens with zero attached hydrogens (tertiary/aromatic N) is 2. The number of nitrogens with one attached hydrogen (secondary N) is 2. The van der Waals surface area contributed by atoms with Crippen LogP contribution in [-0.2, 0) is 11.0 Å². The number of aromatic nitrogens is 1. The van der Waals surface area contributed by atoms with Crippen LogP contribution in [0.2, 0.25) is 0 Å². The van der Waals surface area contributed by atoms with Crippen LogP contribution in [0.15, 0.2) is 24.3 Å². The number of piperazine rings is 1. The van der Waals surface area contributed by atoms with Crippen LogP contribution in [0.1, 0.15) is 51.5 Å². The van der Waals surface area contributed by atoms with E-state index in [4.69, 9.17) is 0 Å². The standard InChI is InChI=1S/C24H29F3N4O3/c1-14-21(17(4)32)15(2)28-22(14)23(34)16(3)31-11-9-30(10-12-31)13-20(33)29-19-8-6-5-7-18(19)24(25,26)27/h5-8,16,28H,9-13H2,1-4H3,(H,29,33)/t16-/m1/s1. The number of aryl methyl sites for hydroxylation is 1. The van der Waals surface area contributed by atoms with Crippen LogP contribution in [0, 0.1) is 13.8 Å². The van der Waals surface area contributed by atoms with Gasteiger partial charge in [-0.3, -0.25) is 24.2 Å². The number of hydrogen-bond donors (Lipinski definition) is 2. The fraction of sp³-hybridized carbons (Fsp3) is 0.458. The Morgan fingerprint density at radius 3 is 2.26 bits per heavy atom. The Labute approximate surface area is 196 Å². The number of anilines is 1. The summed E-state index contributed by atoms with van der Waals surface area (Å²) in [6, 6.07) is 4.45. The molecule has 0 spiro atoms. The van der Waals surface area contributed by atoms with Gasteiger partial charge in [-0.25, -0.2) is 0 Å². The minimum Gasteiger partial charge on any atom is -0.355 e. The zero-order chi connectivity index (χ0) is 25.2. The lowest BCUT2D eigenvalue weighted by molar-refractivity contribution is -0.137. The van der Waals surface area contributed by atoms with E-state index in [1.807, 2.05) is 16.7 Å². The first-order valence-corrected chi connectivity index (χ1v) is 11.1. The molecular weight excluding hydrogens is 449 g/mol. The number of hydrogen-bond acceptors (Lipinski definition) is 5. The number of Topliss-reactive ketones (excluding diaryl/α,β-unsaturated/α-hetero) is 2. The number of benzene rings is 1. The molecule has 184 valence electrons. The second-order valence-electron chi connectivity index (χ2n) is 8.63. The highest BCUT2D eigenvalue weighted by molar-refractivity contribution is 6.05. The molecule has 0 unspecified atom stereocenters. The van der Waals surface area contributed by atoms with Gasteiger partial charge in [0, 0.05) is 37.4 Å². The van der Waals surface area contributed by atoms with Crippen molar-refractivity contribution in [2.45, 2.75) is 39.9 Å². The van der Waals surface area contributed by atoms with Gasteiger partial charge in [0.25, 0.3) is 0 Å². The number of H-pyrrole nitrogens is 1. The third kappa shape index (κ3) is 5.56. The van der Waals surface area contributed by atoms with E-state index < -0.39 is 23.7 Å². The third-order valence-corrected chi connectivity index (χ3v) is 6.24. The molecule has 1 saturated heterocycles. The molecule has 1 fully saturated rings. The molecular formula is C24H29F3N4O3. The molecule has 2 heterocycles. The average Bonchev–Trinajstić information content (AvgIpc) is 3.06. The molecule has 34 heavy (non-hydrogen) atoms. The first-order chi connectivity index (χ1) is 15.9. The van der Waals surface area contributed by atoms with Gasteiger partial charge in [-0.05, 0) is 45.4 Å². The minimum absolute atomic E-state index is 0.0424. The summed E-state index contributed by atoms with van der Waals surface area (Å²) in [4.78, 5) is 44.2. The predicted molar refractivity (Wildman–Crippen MR) is 122 cm³/mol. The first-order valence-electron chi connectivity index (χ1n) is 11.1. The molecule has 7 nitrogen and oxygen atoms in total. The van der Waals surface area contributed by atoms with E-state index in [0.29, 0.717) is 48.7 Å². The molecule has 0 radical (unpaired) electrons. The Balaban J connectivity index is 1.57. The quantitative estimate of drug-likeness (QED) is 0.593. The van der Waals surface area contributed by atoms with Crippen LogP contribution in [0.3, 0.4) is 0 Å². The molecule has 10 heteroatoms. The van der Waals surface area contributed by atoms with Gasteiger partial charge in [0.1, 0.15) is 0 Å². The van der Waals surface area contributed by atoms with Gasteiger partial charge in [-0.15, -0.1) is 0 Å². The molecule has 1 aromatic heterocycles. The Kier molecular flexibility index (Phi) is 7.62. The van der Waals surface area contributed by atoms with Gasteiger partial charge in [-0.2, -0.15) is 13.2 Å². The maximum atomic E-state index is 13.1. The maximum Gasteiger partial charge on any atom is 0.418 e. The lowest BCUT2D eigenvalue weighted by atomic mass is 10.0. The van der Waals surface area contributed by atoms with Gasteiger partial charge < -0.3 is 10.3 Å². The van der Waals surface area contributed by atoms with E-state index in [1.165, 1.54) is 25.1 Å². The van der Waals surface area contributed by atoms with Crippen LogP contribution in [-0.4, -0.2) is 71.0 Å². The third-order valence-electron chi connectivity index (χ3n) is 6.24. The molecule has 0 saturated carbocycles. The van der Waals surface area contributed by atoms with Crippen LogP contribution in [0.4, 0.5) is 18.9 Å². The number of carbonyl (C=O) groups excluding carboxylic acids is 3. The fourth-order valence-electron chi connectivity index (χ4n) is 4.44. The molecule has 1 atom stereocenters. The summed E-state index contributed by atoms with van der Waals surface area (Å²) in [7, 11) is 0. The van der Waals surface area contributed by atoms with Crippen LogP contribution >= 0.6 is 0 Å². The van der Waals surface area contributed by atoms with Gasteiger partial charge in [0.05, 0.1) is 29.5 Å². The van der Waals surface area contributed by atoms with Crippen molar-refractivity contribution < 1.29 is 27.6 Å². The Bertz CT molecular complexity index is 1090. The van der Waals surface area contributed by atoms with Crippen molar-refractivity contribution in [3.05, 3.63) is 52.3 Å². The van der Waals surface area contributed by atoms with Crippen LogP contribution in [0.25, 0.3) is 0 Å². The summed E-state index contributed by atoms with van der Waals surface area (Å²) in [5.41, 5.74) is 1.14. The molecule has 0 aliphatic carbocycles. The number of carbonyl (C=O) groups is 3. The Morgan fingerprint density at radius 2 is 1.71 bits per heavy atom. The monoisotopic (exact) mass is 478 g/mol. The SMILES string of the molecule is CC(=O)c1c(C)[nH]c(C(=O)[C@@H](C)N2CCN(CC(=O)Nc3ccccc3C(F)(F)F)CC2)c1C. The van der Waals surface area contributed by atoms with Crippen molar-refractivity contribution in [1.82, 2.24) is 14.8 Å². The number of ketones is 2. The van der Waals surface area contributed by atoms with Gasteiger partial charge in [0.2, 0.25) is 5.91 Å². The molecule has 2 aromatic rings. The largest absolute Gasteiger partial charge is 0.418 e. The zero-order valence-corrected chi connectivity index (χ0v) is 19.7. The molecule has 1 aromatic carbocycles. The highest BCUT2D eigenvalue weighted by Crippen LogP contribution is 2.34. The van der Waals surface area contributed by atoms with E-state index in [1.54, 1.807) is 13.8 Å². The van der Waals surface area contributed by atoms with E-state index in [-0.39, 0.29) is 23.8 Å². The van der Waals surface area contributed by atoms with Crippen molar-refractivity contribution in [2.24, 2.45) is 0 Å². The second kappa shape index (κ2) is 10.1. The smallest absolute Gasteiger partial charge is 0.355 e. The number of aromatic amines is 1. The normalized spacial score (nSPS) is 16.3. The zero-order valence-electron chi connectivity index (χ0n) is 19.7. The first kappa shape index (κ1) is 25.6. The number of alkyl halides is 3. The highest BCUT2D eigenvalue weighted by Gasteiger charge is 2.34. The molecule has 1 aliphatic rings. The van der Waals surface area contributed by atoms with Crippen molar-refractivity contribution in [1.29, 1.82) is 0 Å². The van der Waals surface area contributed by atoms with Gasteiger partial charge >= 0.3 is 6.18 Å². The van der Waals surface area contributed by atoms with E-state index in [2.05, 4.69) is 10.3 Å². The summed E-state index contributed by atoms with van der Waals surface area (Å²) in [6.07, 6.45) is -4.56. The molecule has 3 rings (SSSR count). The molecule has 0 bridgehead atoms. The lowest BCUT2D eigenvalue weighted by Gasteiger charge is -2.37. The number of halogens is 3. The minimum atomic E-state index is -4.56. The topological polar surface area (TPSA) is 85.5 Å². The van der Waals surface area contributed by atoms with Crippen LogP contribution < -0.4 is 5.32 Å². The van der Waals surface area contributed by atoms with Gasteiger partial charge in [-0.1, -0.05) is 12.1 Å². The summed E-state index contributed by atoms with van der Waals surface area (Å²) in [5.74, 6) is -0.728. The predicted octanol–water partition coefficient (Wildman–Crippen LogP) is 3.68. The van der Waals surface area contributed by atoms with Crippen molar-refractivity contribution >= 4 is 23.2 Å². The molecule has 1 amide bonds. The van der Waals surface area contributed by atoms with Crippen LogP contribution in [0.5, 0.6) is 0 Å². The summed E-state index contributed by atoms with van der Waals surface area (Å²) >= 11 is 0. The van der Waals surface area contributed by atoms with Crippen molar-refractivity contribution in [2.75, 3.05) is 38.0 Å². The highest BCUT2D eigenvalue weighted by atomic mass is 19.4. The van der Waals surface area contributed by atoms with Crippen molar-refractivity contribution in [3.63, 3.8) is 0 Å².